The smallest absolute Gasteiger partial charge is 0.402 e. The predicted molar refractivity (Wildman–Crippen MR) is 131 cm³/mol. The molecule has 41 heavy (non-hydrogen) atoms. The minimum Gasteiger partial charge on any atom is -0.458 e. The summed E-state index contributed by atoms with van der Waals surface area (Å²) in [6, 6.07) is 0. The maximum atomic E-state index is 13.8. The number of hydrogen-bond donors (Lipinski definition) is 1. The fourth-order valence-electron chi connectivity index (χ4n) is 9.25. The van der Waals surface area contributed by atoms with E-state index in [-0.39, 0.29) is 5.92 Å². The maximum absolute atomic E-state index is 13.8. The largest absolute Gasteiger partial charge is 0.458 e. The molecule has 14 heteroatoms. The van der Waals surface area contributed by atoms with Gasteiger partial charge >= 0.3 is 39.2 Å². The molecule has 6 saturated carbocycles. The third-order valence-corrected chi connectivity index (χ3v) is 11.6. The van der Waals surface area contributed by atoms with E-state index in [4.69, 9.17) is 18.8 Å². The van der Waals surface area contributed by atoms with Crippen LogP contribution in [0.2, 0.25) is 0 Å². The molecule has 6 atom stereocenters. The van der Waals surface area contributed by atoms with Gasteiger partial charge in [0.15, 0.2) is 6.61 Å². The van der Waals surface area contributed by atoms with Crippen LogP contribution >= 0.6 is 0 Å². The second-order valence-corrected chi connectivity index (χ2v) is 14.3. The fourth-order valence-corrected chi connectivity index (χ4v) is 9.46. The van der Waals surface area contributed by atoms with Gasteiger partial charge in [-0.1, -0.05) is 6.92 Å². The van der Waals surface area contributed by atoms with E-state index in [0.717, 1.165) is 25.7 Å². The molecule has 228 valence electrons. The Bertz CT molecular complexity index is 1220. The highest BCUT2D eigenvalue weighted by molar-refractivity contribution is 7.86. The third kappa shape index (κ3) is 4.63. The summed E-state index contributed by atoms with van der Waals surface area (Å²) >= 11 is 0. The van der Waals surface area contributed by atoms with Gasteiger partial charge in [-0.25, -0.2) is 0 Å². The van der Waals surface area contributed by atoms with Gasteiger partial charge in [-0.15, -0.1) is 0 Å². The molecule has 6 unspecified atom stereocenters. The van der Waals surface area contributed by atoms with Crippen molar-refractivity contribution in [2.45, 2.75) is 87.8 Å². The molecule has 0 radical (unpaired) electrons. The van der Waals surface area contributed by atoms with Crippen molar-refractivity contribution in [2.24, 2.45) is 47.3 Å². The van der Waals surface area contributed by atoms with E-state index in [2.05, 4.69) is 11.7 Å². The Morgan fingerprint density at radius 1 is 1.00 bits per heavy atom. The van der Waals surface area contributed by atoms with Crippen LogP contribution in [0.25, 0.3) is 0 Å². The summed E-state index contributed by atoms with van der Waals surface area (Å²) in [6.07, 6.45) is 3.71. The van der Waals surface area contributed by atoms with Crippen molar-refractivity contribution in [3.05, 3.63) is 0 Å². The lowest BCUT2D eigenvalue weighted by Gasteiger charge is -2.60. The second kappa shape index (κ2) is 9.85. The quantitative estimate of drug-likeness (QED) is 0.222. The minimum atomic E-state index is -5.77. The molecule has 7 fully saturated rings. The highest BCUT2D eigenvalue weighted by atomic mass is 32.2. The van der Waals surface area contributed by atoms with Gasteiger partial charge in [-0.2, -0.15) is 17.2 Å². The van der Waals surface area contributed by atoms with E-state index >= 15 is 0 Å². The molecule has 1 N–H and O–H groups in total. The molecule has 11 nitrogen and oxygen atoms in total. The highest BCUT2D eigenvalue weighted by Crippen LogP contribution is 2.63. The molecule has 0 aromatic carbocycles. The standard InChI is InChI=1S/C27H34F2O11S/c1-2-26(14-6-12-5-13(8-14)9-15(26)7-12)40-25(33)21-17-10-16-20(21)24(32)39-23(16)22(17)38-19(31)4-3-18(30)37-11-27(28,29)41(34,35)36/h12-17,20-23H,2-11H2,1H3,(H,34,35,36). The molecule has 1 saturated heterocycles. The zero-order chi connectivity index (χ0) is 29.5. The normalized spacial score (nSPS) is 41.8. The lowest BCUT2D eigenvalue weighted by molar-refractivity contribution is -0.218. The Kier molecular flexibility index (Phi) is 6.91. The summed E-state index contributed by atoms with van der Waals surface area (Å²) in [4.78, 5) is 51.0. The number of alkyl halides is 2. The molecule has 1 aliphatic heterocycles. The first-order valence-electron chi connectivity index (χ1n) is 14.4. The first-order valence-corrected chi connectivity index (χ1v) is 15.8. The van der Waals surface area contributed by atoms with Crippen LogP contribution in [0.15, 0.2) is 0 Å². The number of fused-ring (bicyclic) bond motifs is 1. The summed E-state index contributed by atoms with van der Waals surface area (Å²) < 4.78 is 78.0. The number of carbonyl (C=O) groups excluding carboxylic acids is 4. The van der Waals surface area contributed by atoms with Gasteiger partial charge in [0, 0.05) is 11.8 Å². The van der Waals surface area contributed by atoms with Crippen LogP contribution < -0.4 is 0 Å². The average Bonchev–Trinajstić information content (AvgIpc) is 3.51. The number of hydrogen-bond acceptors (Lipinski definition) is 10. The Balaban J connectivity index is 1.09. The first kappa shape index (κ1) is 28.8. The number of halogens is 2. The van der Waals surface area contributed by atoms with E-state index < -0.39 is 94.3 Å². The molecule has 0 aromatic rings. The number of rotatable bonds is 10. The molecular weight excluding hydrogens is 570 g/mol. The molecule has 7 rings (SSSR count). The highest BCUT2D eigenvalue weighted by Gasteiger charge is 2.71. The van der Waals surface area contributed by atoms with Crippen LogP contribution in [0, 0.1) is 47.3 Å². The van der Waals surface area contributed by atoms with E-state index in [9.17, 15) is 36.4 Å². The third-order valence-electron chi connectivity index (χ3n) is 10.8. The van der Waals surface area contributed by atoms with Gasteiger partial charge in [-0.3, -0.25) is 23.7 Å². The molecule has 0 spiro atoms. The van der Waals surface area contributed by atoms with E-state index in [1.807, 2.05) is 0 Å². The average molecular weight is 605 g/mol. The van der Waals surface area contributed by atoms with E-state index in [1.165, 1.54) is 6.42 Å². The molecule has 0 amide bonds. The zero-order valence-electron chi connectivity index (χ0n) is 22.5. The predicted octanol–water partition coefficient (Wildman–Crippen LogP) is 2.66. The molecule has 1 heterocycles. The summed E-state index contributed by atoms with van der Waals surface area (Å²) in [5.41, 5.74) is -0.549. The molecule has 7 aliphatic rings. The van der Waals surface area contributed by atoms with Crippen molar-refractivity contribution in [3.63, 3.8) is 0 Å². The summed E-state index contributed by atoms with van der Waals surface area (Å²) in [6.45, 7) is 0.146. The van der Waals surface area contributed by atoms with Crippen LogP contribution in [0.3, 0.4) is 0 Å². The van der Waals surface area contributed by atoms with Crippen molar-refractivity contribution < 1.29 is 59.9 Å². The van der Waals surface area contributed by atoms with Crippen molar-refractivity contribution in [1.82, 2.24) is 0 Å². The number of carbonyl (C=O) groups is 4. The van der Waals surface area contributed by atoms with Gasteiger partial charge in [0.2, 0.25) is 0 Å². The molecular formula is C27H34F2O11S. The van der Waals surface area contributed by atoms with Gasteiger partial charge < -0.3 is 18.9 Å². The van der Waals surface area contributed by atoms with Gasteiger partial charge in [0.1, 0.15) is 17.8 Å². The van der Waals surface area contributed by atoms with Crippen LogP contribution in [0.4, 0.5) is 8.78 Å². The summed E-state index contributed by atoms with van der Waals surface area (Å²) in [7, 11) is -5.77. The van der Waals surface area contributed by atoms with Crippen molar-refractivity contribution in [3.8, 4) is 0 Å². The fraction of sp³-hybridized carbons (Fsp3) is 0.852. The molecule has 0 aromatic heterocycles. The van der Waals surface area contributed by atoms with E-state index in [0.29, 0.717) is 36.5 Å². The monoisotopic (exact) mass is 604 g/mol. The summed E-state index contributed by atoms with van der Waals surface area (Å²) in [5.74, 6) is -3.42. The van der Waals surface area contributed by atoms with E-state index in [1.54, 1.807) is 0 Å². The van der Waals surface area contributed by atoms with Crippen molar-refractivity contribution >= 4 is 34.0 Å². The lowest BCUT2D eigenvalue weighted by atomic mass is 9.49. The Morgan fingerprint density at radius 3 is 2.20 bits per heavy atom. The summed E-state index contributed by atoms with van der Waals surface area (Å²) in [5, 5.41) is -4.69. The van der Waals surface area contributed by atoms with Gasteiger partial charge in [0.05, 0.1) is 24.7 Å². The minimum absolute atomic E-state index is 0.299. The molecule has 6 bridgehead atoms. The SMILES string of the molecule is CCC1(OC(=O)C2C3CC4C(OC(=O)C42)C3OC(=O)CCC(=O)OCC(F)(F)S(=O)(=O)O)C2CC3CC(C2)CC1C3. The van der Waals surface area contributed by atoms with Crippen LogP contribution in [0.5, 0.6) is 0 Å². The van der Waals surface area contributed by atoms with Crippen LogP contribution in [0.1, 0.15) is 64.7 Å². The zero-order valence-corrected chi connectivity index (χ0v) is 23.4. The number of esters is 4. The Morgan fingerprint density at radius 2 is 1.61 bits per heavy atom. The van der Waals surface area contributed by atoms with Crippen molar-refractivity contribution in [1.29, 1.82) is 0 Å². The van der Waals surface area contributed by atoms with Gasteiger partial charge in [-0.05, 0) is 68.6 Å². The Hall–Kier alpha value is -2.35. The Labute approximate surface area is 235 Å². The topological polar surface area (TPSA) is 160 Å². The lowest BCUT2D eigenvalue weighted by Crippen LogP contribution is -2.60. The van der Waals surface area contributed by atoms with Crippen LogP contribution in [-0.2, 0) is 48.2 Å². The number of ether oxygens (including phenoxy) is 4. The van der Waals surface area contributed by atoms with Crippen molar-refractivity contribution in [2.75, 3.05) is 6.61 Å². The van der Waals surface area contributed by atoms with Gasteiger partial charge in [0.25, 0.3) is 0 Å². The maximum Gasteiger partial charge on any atom is 0.402 e. The second-order valence-electron chi connectivity index (χ2n) is 12.8. The molecule has 6 aliphatic carbocycles. The van der Waals surface area contributed by atoms with Crippen LogP contribution in [-0.4, -0.2) is 66.5 Å². The first-order chi connectivity index (χ1) is 19.2.